The molecule has 2 heteroatoms. The first kappa shape index (κ1) is 7.34. The molecule has 0 rings (SSSR count). The van der Waals surface area contributed by atoms with Crippen LogP contribution in [0.1, 0.15) is 12.8 Å². The summed E-state index contributed by atoms with van der Waals surface area (Å²) in [5, 5.41) is 0. The van der Waals surface area contributed by atoms with E-state index in [1.165, 1.54) is 0 Å². The van der Waals surface area contributed by atoms with Crippen molar-refractivity contribution in [1.29, 1.82) is 0 Å². The van der Waals surface area contributed by atoms with Gasteiger partial charge in [-0.05, 0) is 12.8 Å². The highest BCUT2D eigenvalue weighted by Gasteiger charge is 1.75. The van der Waals surface area contributed by atoms with Crippen molar-refractivity contribution in [2.75, 3.05) is 14.1 Å². The van der Waals surface area contributed by atoms with Crippen LogP contribution in [0.4, 0.5) is 0 Å². The van der Waals surface area contributed by atoms with Gasteiger partial charge in [0.25, 0.3) is 0 Å². The van der Waals surface area contributed by atoms with Crippen molar-refractivity contribution in [3.63, 3.8) is 0 Å². The summed E-state index contributed by atoms with van der Waals surface area (Å²) < 4.78 is 0. The second kappa shape index (κ2) is 6.34. The Kier molecular flexibility index (Phi) is 5.82. The van der Waals surface area contributed by atoms with Gasteiger partial charge < -0.3 is 0 Å². The molecule has 0 aromatic rings. The summed E-state index contributed by atoms with van der Waals surface area (Å²) in [6.45, 7) is 0. The third kappa shape index (κ3) is 5.34. The minimum absolute atomic E-state index is 0.827. The van der Waals surface area contributed by atoms with Crippen LogP contribution in [0.5, 0.6) is 0 Å². The lowest BCUT2D eigenvalue weighted by Gasteiger charge is -1.78. The highest BCUT2D eigenvalue weighted by molar-refractivity contribution is 5.65. The summed E-state index contributed by atoms with van der Waals surface area (Å²) in [5.74, 6) is 0. The minimum atomic E-state index is 0.827. The van der Waals surface area contributed by atoms with Gasteiger partial charge in [-0.25, -0.2) is 0 Å². The fraction of sp³-hybridized carbons (Fsp3) is 0.667. The molecular formula is C6H10N2. The molecule has 0 fully saturated rings. The zero-order valence-corrected chi connectivity index (χ0v) is 5.31. The highest BCUT2D eigenvalue weighted by Crippen LogP contribution is 1.78. The minimum Gasteiger partial charge on any atom is -0.291 e. The van der Waals surface area contributed by atoms with E-state index in [0.29, 0.717) is 0 Å². The molecule has 0 atom stereocenters. The summed E-state index contributed by atoms with van der Waals surface area (Å²) in [6, 6.07) is 0. The van der Waals surface area contributed by atoms with E-state index in [-0.39, 0.29) is 0 Å². The molecule has 0 N–H and O–H groups in total. The van der Waals surface area contributed by atoms with E-state index in [4.69, 9.17) is 0 Å². The Hall–Kier alpha value is -0.660. The summed E-state index contributed by atoms with van der Waals surface area (Å²) >= 11 is 0. The normalized spacial score (nSPS) is 11.8. The third-order valence-corrected chi connectivity index (χ3v) is 0.665. The topological polar surface area (TPSA) is 24.7 Å². The predicted molar refractivity (Wildman–Crippen MR) is 36.0 cm³/mol. The Morgan fingerprint density at radius 1 is 1.00 bits per heavy atom. The average molecular weight is 110 g/mol. The SMILES string of the molecule is C/N=[C]/CC/[C]=N/C. The summed E-state index contributed by atoms with van der Waals surface area (Å²) in [4.78, 5) is 7.35. The molecule has 0 unspecified atom stereocenters. The van der Waals surface area contributed by atoms with E-state index >= 15 is 0 Å². The molecule has 0 aromatic heterocycles. The lowest BCUT2D eigenvalue weighted by atomic mass is 10.3. The van der Waals surface area contributed by atoms with Crippen molar-refractivity contribution >= 4 is 12.4 Å². The van der Waals surface area contributed by atoms with Gasteiger partial charge in [-0.15, -0.1) is 0 Å². The van der Waals surface area contributed by atoms with Crippen LogP contribution in [0.2, 0.25) is 0 Å². The Balaban J connectivity index is 2.93. The molecule has 8 heavy (non-hydrogen) atoms. The van der Waals surface area contributed by atoms with E-state index < -0.39 is 0 Å². The second-order valence-electron chi connectivity index (χ2n) is 1.26. The Labute approximate surface area is 50.4 Å². The van der Waals surface area contributed by atoms with E-state index in [2.05, 4.69) is 22.4 Å². The number of hydrogen-bond acceptors (Lipinski definition) is 2. The Morgan fingerprint density at radius 2 is 1.38 bits per heavy atom. The van der Waals surface area contributed by atoms with Crippen LogP contribution in [0.25, 0.3) is 0 Å². The van der Waals surface area contributed by atoms with E-state index in [0.717, 1.165) is 12.8 Å². The molecule has 0 saturated carbocycles. The number of nitrogens with zero attached hydrogens (tertiary/aromatic N) is 2. The molecule has 0 aromatic carbocycles. The number of hydrogen-bond donors (Lipinski definition) is 0. The van der Waals surface area contributed by atoms with E-state index in [9.17, 15) is 0 Å². The van der Waals surface area contributed by atoms with Gasteiger partial charge in [0, 0.05) is 14.1 Å². The first-order valence-corrected chi connectivity index (χ1v) is 2.55. The highest BCUT2D eigenvalue weighted by atomic mass is 14.6. The molecule has 0 spiro atoms. The fourth-order valence-corrected chi connectivity index (χ4v) is 0.335. The first-order chi connectivity index (χ1) is 3.91. The number of rotatable bonds is 3. The average Bonchev–Trinajstić information content (AvgIpc) is 1.81. The van der Waals surface area contributed by atoms with Crippen LogP contribution < -0.4 is 0 Å². The molecule has 2 radical (unpaired) electrons. The van der Waals surface area contributed by atoms with Gasteiger partial charge in [-0.3, -0.25) is 9.98 Å². The van der Waals surface area contributed by atoms with Gasteiger partial charge in [-0.2, -0.15) is 0 Å². The van der Waals surface area contributed by atoms with Gasteiger partial charge in [0.15, 0.2) is 0 Å². The maximum absolute atomic E-state index is 3.68. The smallest absolute Gasteiger partial charge is 0.0558 e. The van der Waals surface area contributed by atoms with Crippen molar-refractivity contribution in [2.45, 2.75) is 12.8 Å². The standard InChI is InChI=1S/C6H10N2/c1-7-5-3-4-6-8-2/h3-4H2,1-2H3. The molecule has 44 valence electrons. The molecule has 0 amide bonds. The fourth-order valence-electron chi connectivity index (χ4n) is 0.335. The van der Waals surface area contributed by atoms with Gasteiger partial charge in [0.05, 0.1) is 12.4 Å². The van der Waals surface area contributed by atoms with E-state index in [1.54, 1.807) is 14.1 Å². The Morgan fingerprint density at radius 3 is 1.62 bits per heavy atom. The van der Waals surface area contributed by atoms with Gasteiger partial charge in [0.1, 0.15) is 0 Å². The molecule has 0 aliphatic rings. The van der Waals surface area contributed by atoms with Crippen LogP contribution >= 0.6 is 0 Å². The second-order valence-corrected chi connectivity index (χ2v) is 1.26. The van der Waals surface area contributed by atoms with Crippen LogP contribution in [-0.4, -0.2) is 26.5 Å². The van der Waals surface area contributed by atoms with Crippen molar-refractivity contribution in [3.8, 4) is 0 Å². The zero-order chi connectivity index (χ0) is 6.24. The van der Waals surface area contributed by atoms with E-state index in [1.807, 2.05) is 0 Å². The molecule has 0 bridgehead atoms. The van der Waals surface area contributed by atoms with Crippen molar-refractivity contribution in [1.82, 2.24) is 0 Å². The number of unbranched alkanes of at least 4 members (excludes halogenated alkanes) is 1. The Bertz CT molecular complexity index is 72.5. The lowest BCUT2D eigenvalue weighted by molar-refractivity contribution is 1.17. The zero-order valence-electron chi connectivity index (χ0n) is 5.31. The van der Waals surface area contributed by atoms with Gasteiger partial charge in [0.2, 0.25) is 0 Å². The van der Waals surface area contributed by atoms with Crippen molar-refractivity contribution in [3.05, 3.63) is 0 Å². The van der Waals surface area contributed by atoms with Gasteiger partial charge in [-0.1, -0.05) is 0 Å². The van der Waals surface area contributed by atoms with Gasteiger partial charge >= 0.3 is 0 Å². The predicted octanol–water partition coefficient (Wildman–Crippen LogP) is 0.922. The quantitative estimate of drug-likeness (QED) is 0.381. The van der Waals surface area contributed by atoms with Crippen molar-refractivity contribution < 1.29 is 0 Å². The monoisotopic (exact) mass is 110 g/mol. The molecule has 0 heterocycles. The maximum atomic E-state index is 3.68. The van der Waals surface area contributed by atoms with Crippen LogP contribution in [0.15, 0.2) is 9.98 Å². The van der Waals surface area contributed by atoms with Crippen molar-refractivity contribution in [2.24, 2.45) is 9.98 Å². The number of aliphatic imine (C=N–C) groups is 2. The summed E-state index contributed by atoms with van der Waals surface area (Å²) in [6.07, 6.45) is 7.23. The summed E-state index contributed by atoms with van der Waals surface area (Å²) in [7, 11) is 3.42. The van der Waals surface area contributed by atoms with Crippen LogP contribution in [-0.2, 0) is 0 Å². The molecular weight excluding hydrogens is 100 g/mol. The maximum Gasteiger partial charge on any atom is 0.0558 e. The molecule has 0 aliphatic carbocycles. The molecule has 0 saturated heterocycles. The third-order valence-electron chi connectivity index (χ3n) is 0.665. The summed E-state index contributed by atoms with van der Waals surface area (Å²) in [5.41, 5.74) is 0. The largest absolute Gasteiger partial charge is 0.291 e. The van der Waals surface area contributed by atoms with Crippen LogP contribution in [0.3, 0.4) is 0 Å². The van der Waals surface area contributed by atoms with Crippen LogP contribution in [0, 0.1) is 0 Å². The lowest BCUT2D eigenvalue weighted by Crippen LogP contribution is -1.76. The first-order valence-electron chi connectivity index (χ1n) is 2.55. The molecule has 2 nitrogen and oxygen atoms in total. The molecule has 0 aliphatic heterocycles.